The van der Waals surface area contributed by atoms with Gasteiger partial charge in [0.1, 0.15) is 0 Å². The van der Waals surface area contributed by atoms with E-state index < -0.39 is 9.05 Å². The van der Waals surface area contributed by atoms with Crippen molar-refractivity contribution in [2.45, 2.75) is 13.3 Å². The van der Waals surface area contributed by atoms with Crippen molar-refractivity contribution < 1.29 is 8.42 Å². The van der Waals surface area contributed by atoms with E-state index in [1.165, 1.54) is 0 Å². The van der Waals surface area contributed by atoms with Gasteiger partial charge in [0.05, 0.1) is 5.75 Å². The first-order valence-corrected chi connectivity index (χ1v) is 7.05. The highest BCUT2D eigenvalue weighted by Crippen LogP contribution is 2.37. The van der Waals surface area contributed by atoms with E-state index in [-0.39, 0.29) is 11.2 Å². The smallest absolute Gasteiger partial charge is 0.212 e. The lowest BCUT2D eigenvalue weighted by atomic mass is 9.93. The van der Waals surface area contributed by atoms with Crippen LogP contribution >= 0.6 is 22.4 Å². The molecule has 11 heavy (non-hydrogen) atoms. The molecule has 0 amide bonds. The van der Waals surface area contributed by atoms with Crippen molar-refractivity contribution in [2.24, 2.45) is 5.41 Å². The van der Waals surface area contributed by atoms with Crippen molar-refractivity contribution in [3.05, 3.63) is 0 Å². The molecule has 0 radical (unpaired) electrons. The summed E-state index contributed by atoms with van der Waals surface area (Å²) in [7, 11) is 1.86. The molecule has 0 saturated carbocycles. The van der Waals surface area contributed by atoms with Gasteiger partial charge in [-0.15, -0.1) is 0 Å². The standard InChI is InChI=1S/C6H11ClO2S2/c1-6(2-3-10-4-6)5-11(7,8)9/h2-5H2,1H3. The molecular formula is C6H11ClO2S2. The molecule has 0 aromatic rings. The van der Waals surface area contributed by atoms with Gasteiger partial charge in [-0.2, -0.15) is 11.8 Å². The van der Waals surface area contributed by atoms with E-state index in [9.17, 15) is 8.42 Å². The molecule has 1 unspecified atom stereocenters. The lowest BCUT2D eigenvalue weighted by Gasteiger charge is -2.19. The minimum absolute atomic E-state index is 0.0781. The molecule has 1 atom stereocenters. The lowest BCUT2D eigenvalue weighted by molar-refractivity contribution is 0.428. The van der Waals surface area contributed by atoms with Crippen LogP contribution in [0.1, 0.15) is 13.3 Å². The predicted molar refractivity (Wildman–Crippen MR) is 49.7 cm³/mol. The van der Waals surface area contributed by atoms with E-state index >= 15 is 0 Å². The molecule has 0 aromatic carbocycles. The molecule has 0 spiro atoms. The Balaban J connectivity index is 2.60. The number of rotatable bonds is 2. The normalized spacial score (nSPS) is 32.5. The third-order valence-electron chi connectivity index (χ3n) is 1.82. The molecule has 1 rings (SSSR count). The summed E-state index contributed by atoms with van der Waals surface area (Å²) in [4.78, 5) is 0. The summed E-state index contributed by atoms with van der Waals surface area (Å²) >= 11 is 1.80. The maximum atomic E-state index is 10.7. The summed E-state index contributed by atoms with van der Waals surface area (Å²) in [6.07, 6.45) is 0.962. The average molecular weight is 215 g/mol. The van der Waals surface area contributed by atoms with Gasteiger partial charge in [0, 0.05) is 10.7 Å². The second-order valence-corrected chi connectivity index (χ2v) is 7.18. The maximum Gasteiger partial charge on any atom is 0.233 e. The Kier molecular flexibility index (Phi) is 2.77. The molecule has 1 saturated heterocycles. The zero-order chi connectivity index (χ0) is 8.54. The van der Waals surface area contributed by atoms with Crippen LogP contribution < -0.4 is 0 Å². The Morgan fingerprint density at radius 2 is 2.27 bits per heavy atom. The van der Waals surface area contributed by atoms with Crippen LogP contribution in [0.4, 0.5) is 0 Å². The van der Waals surface area contributed by atoms with E-state index in [4.69, 9.17) is 10.7 Å². The van der Waals surface area contributed by atoms with E-state index in [2.05, 4.69) is 0 Å². The first kappa shape index (κ1) is 9.68. The van der Waals surface area contributed by atoms with Gasteiger partial charge in [-0.1, -0.05) is 6.92 Å². The first-order chi connectivity index (χ1) is 4.91. The Labute approximate surface area is 76.1 Å². The zero-order valence-corrected chi connectivity index (χ0v) is 8.73. The van der Waals surface area contributed by atoms with Crippen LogP contribution in [-0.2, 0) is 9.05 Å². The van der Waals surface area contributed by atoms with Crippen molar-refractivity contribution in [1.29, 1.82) is 0 Å². The van der Waals surface area contributed by atoms with Crippen molar-refractivity contribution in [2.75, 3.05) is 17.3 Å². The van der Waals surface area contributed by atoms with Gasteiger partial charge in [-0.25, -0.2) is 8.42 Å². The Hall–Kier alpha value is 0.590. The zero-order valence-electron chi connectivity index (χ0n) is 6.34. The molecule has 0 aliphatic carbocycles. The summed E-state index contributed by atoms with van der Waals surface area (Å²) in [5.74, 6) is 2.09. The van der Waals surface area contributed by atoms with Crippen LogP contribution in [0.15, 0.2) is 0 Å². The van der Waals surface area contributed by atoms with Gasteiger partial charge < -0.3 is 0 Å². The highest BCUT2D eigenvalue weighted by atomic mass is 35.7. The second kappa shape index (κ2) is 3.15. The fourth-order valence-corrected chi connectivity index (χ4v) is 4.76. The van der Waals surface area contributed by atoms with Crippen LogP contribution in [0.2, 0.25) is 0 Å². The molecule has 5 heteroatoms. The van der Waals surface area contributed by atoms with E-state index in [1.54, 1.807) is 11.8 Å². The molecule has 1 heterocycles. The quantitative estimate of drug-likeness (QED) is 0.657. The highest BCUT2D eigenvalue weighted by molar-refractivity contribution is 8.13. The third-order valence-corrected chi connectivity index (χ3v) is 4.58. The summed E-state index contributed by atoms with van der Waals surface area (Å²) in [5, 5.41) is 0. The van der Waals surface area contributed by atoms with Gasteiger partial charge in [0.15, 0.2) is 0 Å². The van der Waals surface area contributed by atoms with Crippen molar-refractivity contribution >= 4 is 31.5 Å². The average Bonchev–Trinajstić information content (AvgIpc) is 2.09. The molecule has 66 valence electrons. The van der Waals surface area contributed by atoms with Crippen LogP contribution in [0.25, 0.3) is 0 Å². The number of hydrogen-bond donors (Lipinski definition) is 0. The van der Waals surface area contributed by atoms with Gasteiger partial charge in [0.2, 0.25) is 9.05 Å². The van der Waals surface area contributed by atoms with Crippen molar-refractivity contribution in [3.8, 4) is 0 Å². The van der Waals surface area contributed by atoms with Gasteiger partial charge in [-0.05, 0) is 23.3 Å². The van der Waals surface area contributed by atoms with Crippen LogP contribution in [0.3, 0.4) is 0 Å². The molecular weight excluding hydrogens is 204 g/mol. The van der Waals surface area contributed by atoms with Crippen molar-refractivity contribution in [1.82, 2.24) is 0 Å². The Morgan fingerprint density at radius 1 is 1.64 bits per heavy atom. The van der Waals surface area contributed by atoms with Crippen molar-refractivity contribution in [3.63, 3.8) is 0 Å². The minimum Gasteiger partial charge on any atom is -0.212 e. The largest absolute Gasteiger partial charge is 0.233 e. The minimum atomic E-state index is -3.31. The maximum absolute atomic E-state index is 10.7. The molecule has 2 nitrogen and oxygen atoms in total. The Morgan fingerprint density at radius 3 is 2.64 bits per heavy atom. The van der Waals surface area contributed by atoms with Crippen LogP contribution in [0.5, 0.6) is 0 Å². The summed E-state index contributed by atoms with van der Waals surface area (Å²) in [5.41, 5.74) is -0.0781. The van der Waals surface area contributed by atoms with Crippen LogP contribution in [0, 0.1) is 5.41 Å². The summed E-state index contributed by atoms with van der Waals surface area (Å²) in [6, 6.07) is 0. The monoisotopic (exact) mass is 214 g/mol. The fourth-order valence-electron chi connectivity index (χ4n) is 1.24. The first-order valence-electron chi connectivity index (χ1n) is 3.41. The molecule has 1 fully saturated rings. The molecule has 1 aliphatic heterocycles. The molecule has 0 N–H and O–H groups in total. The number of thioether (sulfide) groups is 1. The Bertz CT molecular complexity index is 229. The van der Waals surface area contributed by atoms with E-state index in [0.29, 0.717) is 0 Å². The van der Waals surface area contributed by atoms with Crippen LogP contribution in [-0.4, -0.2) is 25.7 Å². The SMILES string of the molecule is CC1(CS(=O)(=O)Cl)CCSC1. The van der Waals surface area contributed by atoms with Gasteiger partial charge >= 0.3 is 0 Å². The molecule has 1 aliphatic rings. The van der Waals surface area contributed by atoms with Gasteiger partial charge in [0.25, 0.3) is 0 Å². The molecule has 0 bridgehead atoms. The molecule has 0 aromatic heterocycles. The summed E-state index contributed by atoms with van der Waals surface area (Å²) < 4.78 is 21.5. The predicted octanol–water partition coefficient (Wildman–Crippen LogP) is 1.70. The fraction of sp³-hybridized carbons (Fsp3) is 1.00. The highest BCUT2D eigenvalue weighted by Gasteiger charge is 2.33. The van der Waals surface area contributed by atoms with E-state index in [1.807, 2.05) is 6.92 Å². The topological polar surface area (TPSA) is 34.1 Å². The number of hydrogen-bond acceptors (Lipinski definition) is 3. The third kappa shape index (κ3) is 3.22. The summed E-state index contributed by atoms with van der Waals surface area (Å²) in [6.45, 7) is 1.98. The number of halogens is 1. The van der Waals surface area contributed by atoms with E-state index in [0.717, 1.165) is 17.9 Å². The lowest BCUT2D eigenvalue weighted by Crippen LogP contribution is -2.24. The van der Waals surface area contributed by atoms with Gasteiger partial charge in [-0.3, -0.25) is 0 Å². The second-order valence-electron chi connectivity index (χ2n) is 3.30.